The van der Waals surface area contributed by atoms with Crippen LogP contribution in [0, 0.1) is 0 Å². The first-order chi connectivity index (χ1) is 10.1. The van der Waals surface area contributed by atoms with Crippen LogP contribution < -0.4 is 4.74 Å². The molecule has 3 rings (SSSR count). The summed E-state index contributed by atoms with van der Waals surface area (Å²) in [7, 11) is 0. The third kappa shape index (κ3) is 3.79. The van der Waals surface area contributed by atoms with Crippen molar-refractivity contribution in [3.05, 3.63) is 29.3 Å². The smallest absolute Gasteiger partial charge is 0.122 e. The average Bonchev–Trinajstić information content (AvgIpc) is 2.91. The molecule has 1 atom stereocenters. The number of halogens is 1. The Morgan fingerprint density at radius 1 is 1.38 bits per heavy atom. The minimum Gasteiger partial charge on any atom is -0.493 e. The van der Waals surface area contributed by atoms with Crippen molar-refractivity contribution in [1.82, 2.24) is 4.90 Å². The van der Waals surface area contributed by atoms with Crippen molar-refractivity contribution >= 4 is 15.9 Å². The molecular formula is C17H24BrNO2. The Hall–Kier alpha value is -0.580. The molecular weight excluding hydrogens is 330 g/mol. The molecule has 116 valence electrons. The van der Waals surface area contributed by atoms with Gasteiger partial charge in [0.1, 0.15) is 5.75 Å². The summed E-state index contributed by atoms with van der Waals surface area (Å²) in [6, 6.07) is 6.65. The van der Waals surface area contributed by atoms with Crippen molar-refractivity contribution < 1.29 is 9.47 Å². The fourth-order valence-corrected chi connectivity index (χ4v) is 3.69. The van der Waals surface area contributed by atoms with Gasteiger partial charge in [0.2, 0.25) is 0 Å². The second kappa shape index (κ2) is 6.27. The van der Waals surface area contributed by atoms with Crippen molar-refractivity contribution in [3.63, 3.8) is 0 Å². The maximum Gasteiger partial charge on any atom is 0.122 e. The van der Waals surface area contributed by atoms with Crippen LogP contribution in [0.15, 0.2) is 18.2 Å². The summed E-state index contributed by atoms with van der Waals surface area (Å²) >= 11 is 3.55. The minimum atomic E-state index is -0.0531. The molecule has 0 aromatic heterocycles. The first-order valence-electron chi connectivity index (χ1n) is 7.76. The summed E-state index contributed by atoms with van der Waals surface area (Å²) in [5, 5.41) is 0.906. The van der Waals surface area contributed by atoms with Gasteiger partial charge in [-0.2, -0.15) is 0 Å². The fraction of sp³-hybridized carbons (Fsp3) is 0.647. The summed E-state index contributed by atoms with van der Waals surface area (Å²) < 4.78 is 11.6. The summed E-state index contributed by atoms with van der Waals surface area (Å²) in [6.07, 6.45) is 2.44. The predicted molar refractivity (Wildman–Crippen MR) is 88.5 cm³/mol. The second-order valence-corrected chi connectivity index (χ2v) is 7.33. The van der Waals surface area contributed by atoms with Crippen molar-refractivity contribution in [1.29, 1.82) is 0 Å². The lowest BCUT2D eigenvalue weighted by Gasteiger charge is -2.42. The lowest BCUT2D eigenvalue weighted by atomic mass is 10.0. The molecule has 0 aliphatic carbocycles. The summed E-state index contributed by atoms with van der Waals surface area (Å²) in [4.78, 5) is 2.53. The lowest BCUT2D eigenvalue weighted by Crippen LogP contribution is -2.53. The van der Waals surface area contributed by atoms with Gasteiger partial charge in [-0.05, 0) is 37.5 Å². The highest BCUT2D eigenvalue weighted by Gasteiger charge is 2.32. The van der Waals surface area contributed by atoms with Crippen LogP contribution in [0.3, 0.4) is 0 Å². The lowest BCUT2D eigenvalue weighted by molar-refractivity contribution is -0.126. The van der Waals surface area contributed by atoms with Crippen molar-refractivity contribution in [2.75, 3.05) is 31.6 Å². The number of alkyl halides is 1. The van der Waals surface area contributed by atoms with Crippen LogP contribution in [0.2, 0.25) is 0 Å². The van der Waals surface area contributed by atoms with Crippen LogP contribution in [0.1, 0.15) is 25.0 Å². The highest BCUT2D eigenvalue weighted by atomic mass is 79.9. The topological polar surface area (TPSA) is 21.7 Å². The summed E-state index contributed by atoms with van der Waals surface area (Å²) in [5.41, 5.74) is 2.73. The Labute approximate surface area is 135 Å². The van der Waals surface area contributed by atoms with Gasteiger partial charge in [-0.25, -0.2) is 0 Å². The van der Waals surface area contributed by atoms with E-state index in [9.17, 15) is 0 Å². The Morgan fingerprint density at radius 2 is 2.24 bits per heavy atom. The number of ether oxygens (including phenoxy) is 2. The van der Waals surface area contributed by atoms with E-state index in [-0.39, 0.29) is 5.60 Å². The van der Waals surface area contributed by atoms with Crippen LogP contribution in [-0.2, 0) is 17.6 Å². The van der Waals surface area contributed by atoms with E-state index in [0.29, 0.717) is 6.10 Å². The van der Waals surface area contributed by atoms with E-state index in [2.05, 4.69) is 52.9 Å². The number of rotatable bonds is 4. The third-order valence-corrected chi connectivity index (χ3v) is 4.92. The van der Waals surface area contributed by atoms with E-state index in [1.807, 2.05) is 0 Å². The fourth-order valence-electron chi connectivity index (χ4n) is 3.35. The molecule has 1 fully saturated rings. The number of fused-ring (bicyclic) bond motifs is 1. The SMILES string of the molecule is CC1(C)CN(CCc2ccc3c(c2)CCO3)CC(CBr)O1. The maximum atomic E-state index is 6.06. The molecule has 0 N–H and O–H groups in total. The quantitative estimate of drug-likeness (QED) is 0.776. The molecule has 1 aromatic carbocycles. The van der Waals surface area contributed by atoms with Gasteiger partial charge in [-0.3, -0.25) is 4.90 Å². The predicted octanol–water partition coefficient (Wildman–Crippen LogP) is 3.04. The first-order valence-corrected chi connectivity index (χ1v) is 8.89. The Kier molecular flexibility index (Phi) is 4.57. The normalized spacial score (nSPS) is 24.6. The Balaban J connectivity index is 1.59. The van der Waals surface area contributed by atoms with Gasteiger partial charge in [-0.15, -0.1) is 0 Å². The molecule has 0 radical (unpaired) electrons. The van der Waals surface area contributed by atoms with E-state index >= 15 is 0 Å². The van der Waals surface area contributed by atoms with Gasteiger partial charge in [0, 0.05) is 31.4 Å². The number of nitrogens with zero attached hydrogens (tertiary/aromatic N) is 1. The maximum absolute atomic E-state index is 6.06. The van der Waals surface area contributed by atoms with Gasteiger partial charge in [-0.1, -0.05) is 28.1 Å². The van der Waals surface area contributed by atoms with Crippen LogP contribution in [0.25, 0.3) is 0 Å². The molecule has 3 nitrogen and oxygen atoms in total. The molecule has 0 amide bonds. The molecule has 21 heavy (non-hydrogen) atoms. The molecule has 2 heterocycles. The number of morpholine rings is 1. The summed E-state index contributed by atoms with van der Waals surface area (Å²) in [5.74, 6) is 1.07. The van der Waals surface area contributed by atoms with Crippen molar-refractivity contribution in [3.8, 4) is 5.75 Å². The van der Waals surface area contributed by atoms with Crippen molar-refractivity contribution in [2.24, 2.45) is 0 Å². The molecule has 0 bridgehead atoms. The number of hydrogen-bond donors (Lipinski definition) is 0. The second-order valence-electron chi connectivity index (χ2n) is 6.68. The monoisotopic (exact) mass is 353 g/mol. The van der Waals surface area contributed by atoms with Crippen LogP contribution >= 0.6 is 15.9 Å². The van der Waals surface area contributed by atoms with E-state index in [1.54, 1.807) is 0 Å². The summed E-state index contributed by atoms with van der Waals surface area (Å²) in [6.45, 7) is 8.32. The Bertz CT molecular complexity index is 504. The molecule has 2 aliphatic rings. The van der Waals surface area contributed by atoms with Crippen LogP contribution in [0.5, 0.6) is 5.75 Å². The molecule has 1 unspecified atom stereocenters. The van der Waals surface area contributed by atoms with Gasteiger partial charge in [0.25, 0.3) is 0 Å². The standard InChI is InChI=1S/C17H24BrNO2/c1-17(2)12-19(11-15(10-18)21-17)7-5-13-3-4-16-14(9-13)6-8-20-16/h3-4,9,15H,5-8,10-12H2,1-2H3. The van der Waals surface area contributed by atoms with Gasteiger partial charge in [0.05, 0.1) is 18.3 Å². The third-order valence-electron chi connectivity index (χ3n) is 4.19. The van der Waals surface area contributed by atoms with E-state index < -0.39 is 0 Å². The van der Waals surface area contributed by atoms with Gasteiger partial charge < -0.3 is 9.47 Å². The zero-order valence-corrected chi connectivity index (χ0v) is 14.5. The molecule has 4 heteroatoms. The first kappa shape index (κ1) is 15.3. The zero-order chi connectivity index (χ0) is 14.9. The number of hydrogen-bond acceptors (Lipinski definition) is 3. The molecule has 1 saturated heterocycles. The average molecular weight is 354 g/mol. The van der Waals surface area contributed by atoms with Gasteiger partial charge >= 0.3 is 0 Å². The number of benzene rings is 1. The largest absolute Gasteiger partial charge is 0.493 e. The highest BCUT2D eigenvalue weighted by Crippen LogP contribution is 2.27. The molecule has 2 aliphatic heterocycles. The Morgan fingerprint density at radius 3 is 3.05 bits per heavy atom. The van der Waals surface area contributed by atoms with E-state index in [4.69, 9.17) is 9.47 Å². The minimum absolute atomic E-state index is 0.0531. The van der Waals surface area contributed by atoms with Crippen LogP contribution in [-0.4, -0.2) is 48.2 Å². The molecule has 1 aromatic rings. The van der Waals surface area contributed by atoms with Gasteiger partial charge in [0.15, 0.2) is 0 Å². The highest BCUT2D eigenvalue weighted by molar-refractivity contribution is 9.09. The van der Waals surface area contributed by atoms with E-state index in [0.717, 1.165) is 50.2 Å². The van der Waals surface area contributed by atoms with E-state index in [1.165, 1.54) is 11.1 Å². The van der Waals surface area contributed by atoms with Crippen molar-refractivity contribution in [2.45, 2.75) is 38.4 Å². The van der Waals surface area contributed by atoms with Crippen LogP contribution in [0.4, 0.5) is 0 Å². The zero-order valence-electron chi connectivity index (χ0n) is 12.9. The molecule has 0 saturated carbocycles. The molecule has 0 spiro atoms.